The van der Waals surface area contributed by atoms with Gasteiger partial charge in [0, 0.05) is 11.6 Å². The highest BCUT2D eigenvalue weighted by atomic mass is 19.1. The molecule has 1 aromatic carbocycles. The van der Waals surface area contributed by atoms with Crippen LogP contribution in [-0.2, 0) is 14.9 Å². The number of rotatable bonds is 2. The van der Waals surface area contributed by atoms with E-state index in [1.54, 1.807) is 12.3 Å². The Morgan fingerprint density at radius 1 is 1.24 bits per heavy atom. The van der Waals surface area contributed by atoms with Crippen LogP contribution in [0.4, 0.5) is 4.39 Å². The number of methoxy groups -OCH3 is 1. The van der Waals surface area contributed by atoms with Gasteiger partial charge in [-0.2, -0.15) is 0 Å². The molecule has 0 aliphatic heterocycles. The fraction of sp³-hybridized carbons (Fsp3) is 0.412. The first-order valence-corrected chi connectivity index (χ1v) is 7.30. The Balaban J connectivity index is 2.24. The summed E-state index contributed by atoms with van der Waals surface area (Å²) in [5, 5.41) is 0.713. The number of hydrogen-bond donors (Lipinski definition) is 0. The average Bonchev–Trinajstić information content (AvgIpc) is 2.54. The van der Waals surface area contributed by atoms with Crippen molar-refractivity contribution in [3.05, 3.63) is 41.8 Å². The van der Waals surface area contributed by atoms with E-state index in [-0.39, 0.29) is 11.8 Å². The summed E-state index contributed by atoms with van der Waals surface area (Å²) in [6, 6.07) is 6.35. The van der Waals surface area contributed by atoms with Gasteiger partial charge in [-0.25, -0.2) is 4.39 Å². The second kappa shape index (κ2) is 5.43. The largest absolute Gasteiger partial charge is 0.468 e. The second-order valence-corrected chi connectivity index (χ2v) is 5.65. The Morgan fingerprint density at radius 2 is 2.00 bits per heavy atom. The van der Waals surface area contributed by atoms with Crippen molar-refractivity contribution in [2.45, 2.75) is 37.5 Å². The molecule has 1 aliphatic carbocycles. The summed E-state index contributed by atoms with van der Waals surface area (Å²) in [7, 11) is 1.42. The molecule has 4 heteroatoms. The average molecular weight is 287 g/mol. The summed E-state index contributed by atoms with van der Waals surface area (Å²) in [6.07, 6.45) is 6.26. The van der Waals surface area contributed by atoms with Crippen molar-refractivity contribution >= 4 is 16.9 Å². The molecule has 0 unspecified atom stereocenters. The third-order valence-electron chi connectivity index (χ3n) is 4.50. The summed E-state index contributed by atoms with van der Waals surface area (Å²) >= 11 is 0. The first kappa shape index (κ1) is 14.0. The van der Waals surface area contributed by atoms with Gasteiger partial charge in [0.25, 0.3) is 0 Å². The third-order valence-corrected chi connectivity index (χ3v) is 4.50. The molecule has 0 bridgehead atoms. The van der Waals surface area contributed by atoms with E-state index in [4.69, 9.17) is 4.74 Å². The summed E-state index contributed by atoms with van der Waals surface area (Å²) in [4.78, 5) is 16.8. The number of aromatic nitrogens is 1. The third kappa shape index (κ3) is 2.28. The number of halogens is 1. The highest BCUT2D eigenvalue weighted by Crippen LogP contribution is 2.43. The second-order valence-electron chi connectivity index (χ2n) is 5.65. The number of pyridine rings is 1. The van der Waals surface area contributed by atoms with Crippen LogP contribution in [0.3, 0.4) is 0 Å². The lowest BCUT2D eigenvalue weighted by atomic mass is 9.68. The SMILES string of the molecule is COC(=O)C1(c2ccnc3ccc(F)cc23)CCCCC1. The van der Waals surface area contributed by atoms with E-state index < -0.39 is 5.41 Å². The standard InChI is InChI=1S/C17H18FNO2/c1-21-16(20)17(8-3-2-4-9-17)14-7-10-19-15-6-5-12(18)11-13(14)15/h5-7,10-11H,2-4,8-9H2,1H3. The predicted octanol–water partition coefficient (Wildman–Crippen LogP) is 3.75. The number of carbonyl (C=O) groups excluding carboxylic acids is 1. The maximum Gasteiger partial charge on any atom is 0.316 e. The van der Waals surface area contributed by atoms with Gasteiger partial charge in [-0.15, -0.1) is 0 Å². The summed E-state index contributed by atoms with van der Waals surface area (Å²) in [5.41, 5.74) is 0.892. The molecule has 21 heavy (non-hydrogen) atoms. The molecule has 3 nitrogen and oxygen atoms in total. The monoisotopic (exact) mass is 287 g/mol. The Hall–Kier alpha value is -1.97. The maximum atomic E-state index is 13.6. The molecule has 0 N–H and O–H groups in total. The fourth-order valence-electron chi connectivity index (χ4n) is 3.47. The molecule has 2 aromatic rings. The quantitative estimate of drug-likeness (QED) is 0.790. The van der Waals surface area contributed by atoms with Gasteiger partial charge in [-0.05, 0) is 42.7 Å². The van der Waals surface area contributed by atoms with Crippen LogP contribution in [0.2, 0.25) is 0 Å². The Bertz CT molecular complexity index is 678. The van der Waals surface area contributed by atoms with Crippen molar-refractivity contribution < 1.29 is 13.9 Å². The summed E-state index contributed by atoms with van der Waals surface area (Å²) in [6.45, 7) is 0. The van der Waals surface area contributed by atoms with Crippen molar-refractivity contribution in [3.63, 3.8) is 0 Å². The van der Waals surface area contributed by atoms with Crippen LogP contribution >= 0.6 is 0 Å². The lowest BCUT2D eigenvalue weighted by molar-refractivity contribution is -0.149. The number of hydrogen-bond acceptors (Lipinski definition) is 3. The lowest BCUT2D eigenvalue weighted by Gasteiger charge is -2.35. The Morgan fingerprint density at radius 3 is 2.71 bits per heavy atom. The minimum absolute atomic E-state index is 0.223. The van der Waals surface area contributed by atoms with Crippen molar-refractivity contribution in [1.82, 2.24) is 4.98 Å². The number of esters is 1. The fourth-order valence-corrected chi connectivity index (χ4v) is 3.47. The van der Waals surface area contributed by atoms with Crippen molar-refractivity contribution in [1.29, 1.82) is 0 Å². The van der Waals surface area contributed by atoms with E-state index in [9.17, 15) is 9.18 Å². The molecule has 1 aromatic heterocycles. The smallest absolute Gasteiger partial charge is 0.316 e. The van der Waals surface area contributed by atoms with Crippen LogP contribution in [-0.4, -0.2) is 18.1 Å². The topological polar surface area (TPSA) is 39.2 Å². The molecule has 0 saturated heterocycles. The molecular weight excluding hydrogens is 269 g/mol. The first-order chi connectivity index (χ1) is 10.2. The van der Waals surface area contributed by atoms with Crippen molar-refractivity contribution in [2.75, 3.05) is 7.11 Å². The number of benzene rings is 1. The van der Waals surface area contributed by atoms with E-state index in [0.717, 1.165) is 37.7 Å². The number of fused-ring (bicyclic) bond motifs is 1. The van der Waals surface area contributed by atoms with Gasteiger partial charge in [0.2, 0.25) is 0 Å². The zero-order chi connectivity index (χ0) is 14.9. The van der Waals surface area contributed by atoms with Crippen LogP contribution in [0.5, 0.6) is 0 Å². The zero-order valence-corrected chi connectivity index (χ0v) is 12.1. The molecule has 0 atom stereocenters. The van der Waals surface area contributed by atoms with E-state index in [1.807, 2.05) is 6.07 Å². The van der Waals surface area contributed by atoms with Crippen LogP contribution < -0.4 is 0 Å². The number of nitrogens with zero attached hydrogens (tertiary/aromatic N) is 1. The molecule has 0 amide bonds. The molecule has 3 rings (SSSR count). The van der Waals surface area contributed by atoms with Crippen LogP contribution in [0.25, 0.3) is 10.9 Å². The van der Waals surface area contributed by atoms with Gasteiger partial charge in [0.15, 0.2) is 0 Å². The molecule has 0 spiro atoms. The molecule has 0 radical (unpaired) electrons. The van der Waals surface area contributed by atoms with Crippen LogP contribution in [0.1, 0.15) is 37.7 Å². The maximum absolute atomic E-state index is 13.6. The highest BCUT2D eigenvalue weighted by molar-refractivity contribution is 5.92. The molecular formula is C17H18FNO2. The van der Waals surface area contributed by atoms with Crippen LogP contribution in [0, 0.1) is 5.82 Å². The van der Waals surface area contributed by atoms with Gasteiger partial charge in [0.1, 0.15) is 5.82 Å². The van der Waals surface area contributed by atoms with Crippen molar-refractivity contribution in [3.8, 4) is 0 Å². The van der Waals surface area contributed by atoms with Crippen LogP contribution in [0.15, 0.2) is 30.5 Å². The zero-order valence-electron chi connectivity index (χ0n) is 12.1. The number of ether oxygens (including phenoxy) is 1. The molecule has 1 aliphatic rings. The van der Waals surface area contributed by atoms with E-state index in [0.29, 0.717) is 10.9 Å². The van der Waals surface area contributed by atoms with Crippen molar-refractivity contribution in [2.24, 2.45) is 0 Å². The molecule has 1 fully saturated rings. The lowest BCUT2D eigenvalue weighted by Crippen LogP contribution is -2.39. The summed E-state index contributed by atoms with van der Waals surface area (Å²) in [5.74, 6) is -0.536. The minimum atomic E-state index is -0.665. The molecule has 110 valence electrons. The highest BCUT2D eigenvalue weighted by Gasteiger charge is 2.43. The molecule has 1 saturated carbocycles. The van der Waals surface area contributed by atoms with Gasteiger partial charge in [-0.3, -0.25) is 9.78 Å². The number of carbonyl (C=O) groups is 1. The van der Waals surface area contributed by atoms with Gasteiger partial charge in [0.05, 0.1) is 18.0 Å². The predicted molar refractivity (Wildman–Crippen MR) is 78.5 cm³/mol. The van der Waals surface area contributed by atoms with E-state index in [1.165, 1.54) is 19.2 Å². The van der Waals surface area contributed by atoms with E-state index >= 15 is 0 Å². The Kier molecular flexibility index (Phi) is 3.62. The molecule has 1 heterocycles. The minimum Gasteiger partial charge on any atom is -0.468 e. The van der Waals surface area contributed by atoms with E-state index in [2.05, 4.69) is 4.98 Å². The first-order valence-electron chi connectivity index (χ1n) is 7.30. The normalized spacial score (nSPS) is 17.6. The Labute approximate surface area is 123 Å². The van der Waals surface area contributed by atoms with Gasteiger partial charge in [-0.1, -0.05) is 19.3 Å². The summed E-state index contributed by atoms with van der Waals surface area (Å²) < 4.78 is 18.7. The van der Waals surface area contributed by atoms with Gasteiger partial charge < -0.3 is 4.74 Å². The van der Waals surface area contributed by atoms with Gasteiger partial charge >= 0.3 is 5.97 Å².